The molecule has 0 saturated heterocycles. The Bertz CT molecular complexity index is 1100. The Morgan fingerprint density at radius 2 is 1.97 bits per heavy atom. The molecule has 1 N–H and O–H groups in total. The van der Waals surface area contributed by atoms with Gasteiger partial charge in [-0.2, -0.15) is 4.99 Å². The lowest BCUT2D eigenvalue weighted by atomic mass is 10.1. The van der Waals surface area contributed by atoms with Crippen LogP contribution in [0.3, 0.4) is 0 Å². The first-order chi connectivity index (χ1) is 13.9. The van der Waals surface area contributed by atoms with Crippen molar-refractivity contribution in [3.05, 3.63) is 80.9 Å². The molecular formula is C22H18ClN3O2S. The molecule has 7 heteroatoms. The lowest BCUT2D eigenvalue weighted by Crippen LogP contribution is -2.37. The highest BCUT2D eigenvalue weighted by atomic mass is 35.5. The zero-order valence-corrected chi connectivity index (χ0v) is 17.5. The number of thioether (sulfide) groups is 1. The van der Waals surface area contributed by atoms with Gasteiger partial charge >= 0.3 is 0 Å². The molecule has 0 spiro atoms. The number of benzene rings is 2. The van der Waals surface area contributed by atoms with Crippen LogP contribution in [0.1, 0.15) is 23.6 Å². The van der Waals surface area contributed by atoms with Crippen molar-refractivity contribution in [2.24, 2.45) is 4.99 Å². The lowest BCUT2D eigenvalue weighted by Gasteiger charge is -2.25. The molecule has 5 nitrogen and oxygen atoms in total. The van der Waals surface area contributed by atoms with Gasteiger partial charge in [0.05, 0.1) is 10.6 Å². The second-order valence-corrected chi connectivity index (χ2v) is 8.03. The van der Waals surface area contributed by atoms with E-state index in [0.717, 1.165) is 11.3 Å². The predicted molar refractivity (Wildman–Crippen MR) is 118 cm³/mol. The summed E-state index contributed by atoms with van der Waals surface area (Å²) in [6.45, 7) is 4.34. The zero-order chi connectivity index (χ0) is 20.5. The average molecular weight is 424 g/mol. The Hall–Kier alpha value is -2.83. The minimum atomic E-state index is -0.423. The molecule has 4 rings (SSSR count). The molecule has 0 aliphatic carbocycles. The van der Waals surface area contributed by atoms with Crippen molar-refractivity contribution in [1.82, 2.24) is 4.90 Å². The van der Waals surface area contributed by atoms with Crippen LogP contribution in [0.2, 0.25) is 5.02 Å². The molecule has 146 valence electrons. The molecule has 0 radical (unpaired) electrons. The van der Waals surface area contributed by atoms with Gasteiger partial charge in [0.2, 0.25) is 0 Å². The molecule has 0 bridgehead atoms. The molecule has 2 aromatic rings. The van der Waals surface area contributed by atoms with Gasteiger partial charge < -0.3 is 4.74 Å². The second kappa shape index (κ2) is 7.89. The lowest BCUT2D eigenvalue weighted by molar-refractivity contribution is -0.114. The number of amides is 1. The van der Waals surface area contributed by atoms with Crippen molar-refractivity contribution in [1.29, 1.82) is 5.41 Å². The van der Waals surface area contributed by atoms with Crippen molar-refractivity contribution in [3.63, 3.8) is 0 Å². The molecule has 29 heavy (non-hydrogen) atoms. The standard InChI is InChI=1S/C22H18ClN3O2S/c1-13-3-5-15(6-4-13)11-28-19-8-7-16(10-18(19)23)9-17-20(24)26-14(2)12-29-22(26)25-21(17)27/h3-10,12,24H,11H2,1-2H3/b17-9-,24-20?. The number of fused-ring (bicyclic) bond motifs is 1. The average Bonchev–Trinajstić information content (AvgIpc) is 3.06. The van der Waals surface area contributed by atoms with Crippen LogP contribution in [0.4, 0.5) is 0 Å². The fraction of sp³-hybridized carbons (Fsp3) is 0.136. The summed E-state index contributed by atoms with van der Waals surface area (Å²) in [5, 5.41) is 11.2. The van der Waals surface area contributed by atoms with Gasteiger partial charge in [0.15, 0.2) is 5.17 Å². The van der Waals surface area contributed by atoms with Gasteiger partial charge in [-0.3, -0.25) is 15.1 Å². The highest BCUT2D eigenvalue weighted by molar-refractivity contribution is 8.16. The predicted octanol–water partition coefficient (Wildman–Crippen LogP) is 5.39. The Balaban J connectivity index is 1.53. The topological polar surface area (TPSA) is 65.8 Å². The monoisotopic (exact) mass is 423 g/mol. The highest BCUT2D eigenvalue weighted by Gasteiger charge is 2.33. The number of aliphatic imine (C=N–C) groups is 1. The van der Waals surface area contributed by atoms with Gasteiger partial charge in [0.25, 0.3) is 5.91 Å². The van der Waals surface area contributed by atoms with Crippen LogP contribution >= 0.6 is 23.4 Å². The van der Waals surface area contributed by atoms with Crippen molar-refractivity contribution in [2.75, 3.05) is 0 Å². The maximum Gasteiger partial charge on any atom is 0.283 e. The van der Waals surface area contributed by atoms with E-state index in [4.69, 9.17) is 21.7 Å². The third-order valence-electron chi connectivity index (χ3n) is 4.57. The van der Waals surface area contributed by atoms with Crippen LogP contribution in [-0.2, 0) is 11.4 Å². The first kappa shape index (κ1) is 19.5. The fourth-order valence-corrected chi connectivity index (χ4v) is 4.08. The number of carbonyl (C=O) groups is 1. The normalized spacial score (nSPS) is 17.3. The smallest absolute Gasteiger partial charge is 0.283 e. The number of carbonyl (C=O) groups excluding carboxylic acids is 1. The van der Waals surface area contributed by atoms with Crippen molar-refractivity contribution >= 4 is 46.3 Å². The number of aryl methyl sites for hydroxylation is 1. The van der Waals surface area contributed by atoms with Gasteiger partial charge in [0, 0.05) is 5.70 Å². The maximum absolute atomic E-state index is 12.4. The minimum absolute atomic E-state index is 0.120. The van der Waals surface area contributed by atoms with Crippen molar-refractivity contribution in [2.45, 2.75) is 20.5 Å². The van der Waals surface area contributed by atoms with Gasteiger partial charge in [-0.25, -0.2) is 0 Å². The number of hydrogen-bond acceptors (Lipinski definition) is 4. The van der Waals surface area contributed by atoms with E-state index in [0.29, 0.717) is 28.1 Å². The van der Waals surface area contributed by atoms with Crippen LogP contribution < -0.4 is 4.74 Å². The van der Waals surface area contributed by atoms with Gasteiger partial charge in [-0.15, -0.1) is 0 Å². The quantitative estimate of drug-likeness (QED) is 0.669. The number of ether oxygens (including phenoxy) is 1. The Labute approximate surface area is 178 Å². The van der Waals surface area contributed by atoms with Crippen LogP contribution in [0.5, 0.6) is 5.75 Å². The van der Waals surface area contributed by atoms with Crippen LogP contribution in [0.15, 0.2) is 64.1 Å². The molecule has 0 fully saturated rings. The first-order valence-electron chi connectivity index (χ1n) is 8.97. The van der Waals surface area contributed by atoms with Gasteiger partial charge in [-0.1, -0.05) is 59.3 Å². The Morgan fingerprint density at radius 1 is 1.21 bits per heavy atom. The SMILES string of the molecule is CC1=CSC2=NC(=O)/C(=C\c3ccc(OCc4ccc(C)cc4)c(Cl)c3)C(=N)N12. The summed E-state index contributed by atoms with van der Waals surface area (Å²) >= 11 is 7.73. The highest BCUT2D eigenvalue weighted by Crippen LogP contribution is 2.33. The van der Waals surface area contributed by atoms with Crippen LogP contribution in [0, 0.1) is 12.3 Å². The van der Waals surface area contributed by atoms with E-state index in [2.05, 4.69) is 4.99 Å². The molecule has 2 aromatic carbocycles. The summed E-state index contributed by atoms with van der Waals surface area (Å²) in [6, 6.07) is 13.4. The van der Waals surface area contributed by atoms with E-state index in [1.54, 1.807) is 23.1 Å². The summed E-state index contributed by atoms with van der Waals surface area (Å²) < 4.78 is 5.82. The summed E-state index contributed by atoms with van der Waals surface area (Å²) in [5.41, 5.74) is 4.06. The largest absolute Gasteiger partial charge is 0.487 e. The summed E-state index contributed by atoms with van der Waals surface area (Å²) in [6.07, 6.45) is 1.64. The van der Waals surface area contributed by atoms with E-state index in [-0.39, 0.29) is 11.4 Å². The third-order valence-corrected chi connectivity index (χ3v) is 5.81. The summed E-state index contributed by atoms with van der Waals surface area (Å²) in [5.74, 6) is 0.261. The van der Waals surface area contributed by atoms with Gasteiger partial charge in [0.1, 0.15) is 18.2 Å². The number of allylic oxidation sites excluding steroid dienone is 1. The van der Waals surface area contributed by atoms with E-state index >= 15 is 0 Å². The zero-order valence-electron chi connectivity index (χ0n) is 15.9. The summed E-state index contributed by atoms with van der Waals surface area (Å²) in [4.78, 5) is 18.1. The van der Waals surface area contributed by atoms with Crippen LogP contribution in [0.25, 0.3) is 6.08 Å². The minimum Gasteiger partial charge on any atom is -0.487 e. The number of halogens is 1. The molecule has 0 atom stereocenters. The Kier molecular flexibility index (Phi) is 5.30. The molecule has 0 unspecified atom stereocenters. The van der Waals surface area contributed by atoms with E-state index in [9.17, 15) is 4.79 Å². The van der Waals surface area contributed by atoms with Crippen molar-refractivity contribution in [3.8, 4) is 5.75 Å². The number of hydrogen-bond donors (Lipinski definition) is 1. The van der Waals surface area contributed by atoms with Crippen LogP contribution in [-0.4, -0.2) is 21.8 Å². The molecule has 2 aliphatic rings. The number of amidine groups is 2. The number of nitrogens with zero attached hydrogens (tertiary/aromatic N) is 2. The van der Waals surface area contributed by atoms with Crippen molar-refractivity contribution < 1.29 is 9.53 Å². The first-order valence-corrected chi connectivity index (χ1v) is 10.2. The summed E-state index contributed by atoms with van der Waals surface area (Å²) in [7, 11) is 0. The number of nitrogens with one attached hydrogen (secondary N) is 1. The second-order valence-electron chi connectivity index (χ2n) is 6.78. The molecule has 0 aromatic heterocycles. The van der Waals surface area contributed by atoms with E-state index in [1.807, 2.05) is 49.6 Å². The molecule has 2 aliphatic heterocycles. The fourth-order valence-electron chi connectivity index (χ4n) is 2.98. The third kappa shape index (κ3) is 3.99. The van der Waals surface area contributed by atoms with E-state index in [1.165, 1.54) is 17.3 Å². The Morgan fingerprint density at radius 3 is 2.69 bits per heavy atom. The van der Waals surface area contributed by atoms with Gasteiger partial charge in [-0.05, 0) is 48.6 Å². The van der Waals surface area contributed by atoms with E-state index < -0.39 is 5.91 Å². The molecule has 0 saturated carbocycles. The molecule has 2 heterocycles. The molecular weight excluding hydrogens is 406 g/mol. The number of rotatable bonds is 4. The maximum atomic E-state index is 12.4. The molecule has 1 amide bonds.